The van der Waals surface area contributed by atoms with Gasteiger partial charge in [-0.3, -0.25) is 0 Å². The van der Waals surface area contributed by atoms with E-state index in [2.05, 4.69) is 4.72 Å². The summed E-state index contributed by atoms with van der Waals surface area (Å²) < 4.78 is 29.3. The number of aliphatic hydroxyl groups excluding tert-OH is 1. The highest BCUT2D eigenvalue weighted by atomic mass is 32.2. The third-order valence-corrected chi connectivity index (χ3v) is 6.81. The van der Waals surface area contributed by atoms with Gasteiger partial charge in [0.25, 0.3) is 0 Å². The Labute approximate surface area is 128 Å². The Morgan fingerprint density at radius 2 is 2.10 bits per heavy atom. The van der Waals surface area contributed by atoms with Gasteiger partial charge in [-0.25, -0.2) is 13.1 Å². The molecule has 3 rings (SSSR count). The summed E-state index contributed by atoms with van der Waals surface area (Å²) >= 11 is 1.50. The molecule has 21 heavy (non-hydrogen) atoms. The quantitative estimate of drug-likeness (QED) is 0.858. The molecule has 1 fully saturated rings. The van der Waals surface area contributed by atoms with Crippen LogP contribution in [-0.4, -0.2) is 26.2 Å². The normalized spacial score (nSPS) is 17.2. The van der Waals surface area contributed by atoms with Gasteiger partial charge in [-0.1, -0.05) is 18.2 Å². The summed E-state index contributed by atoms with van der Waals surface area (Å²) in [5.41, 5.74) is 0. The van der Waals surface area contributed by atoms with Gasteiger partial charge >= 0.3 is 0 Å². The fourth-order valence-electron chi connectivity index (χ4n) is 2.76. The summed E-state index contributed by atoms with van der Waals surface area (Å²) in [5, 5.41) is 9.92. The van der Waals surface area contributed by atoms with Gasteiger partial charge < -0.3 is 5.11 Å². The number of hydrogen-bond acceptors (Lipinski definition) is 4. The van der Waals surface area contributed by atoms with E-state index >= 15 is 0 Å². The van der Waals surface area contributed by atoms with Gasteiger partial charge in [0, 0.05) is 27.6 Å². The lowest BCUT2D eigenvalue weighted by molar-refractivity contribution is 0.265. The van der Waals surface area contributed by atoms with Gasteiger partial charge in [-0.2, -0.15) is 0 Å². The van der Waals surface area contributed by atoms with E-state index in [4.69, 9.17) is 5.11 Å². The highest BCUT2D eigenvalue weighted by molar-refractivity contribution is 7.90. The Bertz CT molecular complexity index is 747. The average Bonchev–Trinajstić information content (AvgIpc) is 3.19. The number of benzene rings is 1. The average molecular weight is 325 g/mol. The van der Waals surface area contributed by atoms with Gasteiger partial charge in [-0.15, -0.1) is 11.3 Å². The van der Waals surface area contributed by atoms with E-state index < -0.39 is 10.0 Å². The second kappa shape index (κ2) is 5.68. The topological polar surface area (TPSA) is 66.4 Å². The lowest BCUT2D eigenvalue weighted by Crippen LogP contribution is -2.37. The van der Waals surface area contributed by atoms with Crippen molar-refractivity contribution in [2.75, 3.05) is 6.61 Å². The van der Waals surface area contributed by atoms with Crippen LogP contribution in [0.2, 0.25) is 0 Å². The van der Waals surface area contributed by atoms with Gasteiger partial charge in [0.15, 0.2) is 0 Å². The van der Waals surface area contributed by atoms with Crippen molar-refractivity contribution >= 4 is 31.4 Å². The van der Waals surface area contributed by atoms with Gasteiger partial charge in [0.2, 0.25) is 10.0 Å². The maximum atomic E-state index is 12.8. The molecule has 0 bridgehead atoms. The number of thiophene rings is 1. The van der Waals surface area contributed by atoms with Crippen LogP contribution in [-0.2, 0) is 10.0 Å². The van der Waals surface area contributed by atoms with Crippen LogP contribution in [0, 0.1) is 12.8 Å². The maximum Gasteiger partial charge on any atom is 0.242 e. The van der Waals surface area contributed by atoms with E-state index in [-0.39, 0.29) is 12.6 Å². The summed E-state index contributed by atoms with van der Waals surface area (Å²) in [5.74, 6) is 0.372. The molecule has 0 aliphatic heterocycles. The van der Waals surface area contributed by atoms with Crippen molar-refractivity contribution in [2.24, 2.45) is 5.92 Å². The monoisotopic (exact) mass is 325 g/mol. The smallest absolute Gasteiger partial charge is 0.242 e. The molecule has 0 spiro atoms. The molecule has 0 radical (unpaired) electrons. The van der Waals surface area contributed by atoms with Crippen molar-refractivity contribution in [3.63, 3.8) is 0 Å². The molecule has 1 unspecified atom stereocenters. The Morgan fingerprint density at radius 3 is 2.76 bits per heavy atom. The van der Waals surface area contributed by atoms with Crippen LogP contribution in [0.25, 0.3) is 10.1 Å². The molecule has 1 heterocycles. The third kappa shape index (κ3) is 2.99. The largest absolute Gasteiger partial charge is 0.396 e. The van der Waals surface area contributed by atoms with E-state index in [1.165, 1.54) is 11.3 Å². The van der Waals surface area contributed by atoms with Crippen molar-refractivity contribution in [1.29, 1.82) is 0 Å². The first kappa shape index (κ1) is 15.0. The number of rotatable bonds is 6. The molecular formula is C15H19NO3S2. The third-order valence-electron chi connectivity index (χ3n) is 3.92. The lowest BCUT2D eigenvalue weighted by Gasteiger charge is -2.17. The van der Waals surface area contributed by atoms with Crippen LogP contribution in [0.1, 0.15) is 24.1 Å². The molecule has 1 aliphatic rings. The second-order valence-corrected chi connectivity index (χ2v) is 8.47. The summed E-state index contributed by atoms with van der Waals surface area (Å²) in [6, 6.07) is 7.42. The summed E-state index contributed by atoms with van der Waals surface area (Å²) in [6.45, 7) is 1.85. The fraction of sp³-hybridized carbons (Fsp3) is 0.467. The molecule has 0 saturated heterocycles. The summed E-state index contributed by atoms with van der Waals surface area (Å²) in [6.07, 6.45) is 2.55. The molecule has 1 aromatic heterocycles. The molecule has 6 heteroatoms. The van der Waals surface area contributed by atoms with E-state index in [0.29, 0.717) is 17.2 Å². The first-order valence-corrected chi connectivity index (χ1v) is 9.44. The van der Waals surface area contributed by atoms with Crippen molar-refractivity contribution in [2.45, 2.75) is 37.1 Å². The highest BCUT2D eigenvalue weighted by Gasteiger charge is 2.35. The number of aliphatic hydroxyl groups is 1. The van der Waals surface area contributed by atoms with Crippen LogP contribution in [0.4, 0.5) is 0 Å². The summed E-state index contributed by atoms with van der Waals surface area (Å²) in [7, 11) is -3.55. The fourth-order valence-corrected chi connectivity index (χ4v) is 5.92. The molecule has 114 valence electrons. The molecule has 1 aromatic carbocycles. The predicted molar refractivity (Wildman–Crippen MR) is 85.1 cm³/mol. The summed E-state index contributed by atoms with van der Waals surface area (Å²) in [4.78, 5) is 1.20. The van der Waals surface area contributed by atoms with Crippen LogP contribution in [0.15, 0.2) is 29.2 Å². The molecular weight excluding hydrogens is 306 g/mol. The molecule has 4 nitrogen and oxygen atoms in total. The van der Waals surface area contributed by atoms with E-state index in [1.807, 2.05) is 31.2 Å². The zero-order valence-corrected chi connectivity index (χ0v) is 13.5. The molecule has 1 saturated carbocycles. The van der Waals surface area contributed by atoms with Gasteiger partial charge in [0.05, 0.1) is 0 Å². The Hall–Kier alpha value is -0.950. The van der Waals surface area contributed by atoms with Crippen molar-refractivity contribution in [3.8, 4) is 0 Å². The van der Waals surface area contributed by atoms with Crippen molar-refractivity contribution in [3.05, 3.63) is 29.1 Å². The Balaban J connectivity index is 1.98. The van der Waals surface area contributed by atoms with Crippen LogP contribution >= 0.6 is 11.3 Å². The van der Waals surface area contributed by atoms with Gasteiger partial charge in [0.1, 0.15) is 4.90 Å². The van der Waals surface area contributed by atoms with E-state index in [1.54, 1.807) is 0 Å². The zero-order valence-electron chi connectivity index (χ0n) is 11.9. The zero-order chi connectivity index (χ0) is 15.0. The molecule has 0 amide bonds. The first-order valence-electron chi connectivity index (χ1n) is 7.14. The number of fused-ring (bicyclic) bond motifs is 1. The van der Waals surface area contributed by atoms with Crippen LogP contribution in [0.5, 0.6) is 0 Å². The number of nitrogens with one attached hydrogen (secondary N) is 1. The second-order valence-electron chi connectivity index (χ2n) is 5.56. The molecule has 1 atom stereocenters. The number of hydrogen-bond donors (Lipinski definition) is 2. The van der Waals surface area contributed by atoms with E-state index in [0.717, 1.165) is 27.8 Å². The van der Waals surface area contributed by atoms with Crippen LogP contribution < -0.4 is 4.72 Å². The van der Waals surface area contributed by atoms with E-state index in [9.17, 15) is 8.42 Å². The molecule has 2 aromatic rings. The first-order chi connectivity index (χ1) is 10.0. The number of aryl methyl sites for hydroxylation is 1. The predicted octanol–water partition coefficient (Wildman–Crippen LogP) is 2.65. The molecule has 2 N–H and O–H groups in total. The maximum absolute atomic E-state index is 12.8. The number of sulfonamides is 1. The Kier molecular flexibility index (Phi) is 4.05. The lowest BCUT2D eigenvalue weighted by atomic mass is 10.1. The minimum Gasteiger partial charge on any atom is -0.396 e. The highest BCUT2D eigenvalue weighted by Crippen LogP contribution is 2.37. The van der Waals surface area contributed by atoms with Crippen molar-refractivity contribution < 1.29 is 13.5 Å². The van der Waals surface area contributed by atoms with Crippen molar-refractivity contribution in [1.82, 2.24) is 4.72 Å². The standard InChI is InChI=1S/C15H19NO3S2/c1-10-15(12-4-2-3-5-14(12)20-10)21(18,19)16-13(8-9-17)11-6-7-11/h2-5,11,13,16-17H,6-9H2,1H3. The minimum atomic E-state index is -3.55. The Morgan fingerprint density at radius 1 is 1.38 bits per heavy atom. The molecule has 1 aliphatic carbocycles. The SMILES string of the molecule is Cc1sc2ccccc2c1S(=O)(=O)NC(CCO)C1CC1. The minimum absolute atomic E-state index is 0.00700. The van der Waals surface area contributed by atoms with Crippen LogP contribution in [0.3, 0.4) is 0 Å². The van der Waals surface area contributed by atoms with Gasteiger partial charge in [-0.05, 0) is 38.2 Å².